The normalized spacial score (nSPS) is 11.6. The van der Waals surface area contributed by atoms with Crippen LogP contribution in [0.1, 0.15) is 21.5 Å². The molecule has 0 atom stereocenters. The molecule has 3 aromatic carbocycles. The highest BCUT2D eigenvalue weighted by Gasteiger charge is 2.16. The first kappa shape index (κ1) is 20.3. The Morgan fingerprint density at radius 2 is 1.65 bits per heavy atom. The lowest BCUT2D eigenvalue weighted by Gasteiger charge is -2.11. The van der Waals surface area contributed by atoms with Crippen LogP contribution in [0.4, 0.5) is 0 Å². The standard InChI is InChI=1S/C24H21NO6/c26-23(25-13-18-10-11-21-22(12-18)31-16-30-21)15-29-24(27)19-8-4-5-9-20(19)28-14-17-6-2-1-3-7-17/h1-12H,13-16H2,(H,25,26). The van der Waals surface area contributed by atoms with E-state index in [1.165, 1.54) is 0 Å². The number of benzene rings is 3. The van der Waals surface area contributed by atoms with Gasteiger partial charge in [-0.3, -0.25) is 4.79 Å². The highest BCUT2D eigenvalue weighted by molar-refractivity contribution is 5.94. The topological polar surface area (TPSA) is 83.1 Å². The Bertz CT molecular complexity index is 1070. The highest BCUT2D eigenvalue weighted by atomic mass is 16.7. The number of carbonyl (C=O) groups excluding carboxylic acids is 2. The van der Waals surface area contributed by atoms with Crippen molar-refractivity contribution in [2.75, 3.05) is 13.4 Å². The van der Waals surface area contributed by atoms with Crippen molar-refractivity contribution in [1.29, 1.82) is 0 Å². The third kappa shape index (κ3) is 5.33. The molecule has 7 heteroatoms. The summed E-state index contributed by atoms with van der Waals surface area (Å²) in [4.78, 5) is 24.6. The number of para-hydroxylation sites is 1. The highest BCUT2D eigenvalue weighted by Crippen LogP contribution is 2.32. The van der Waals surface area contributed by atoms with Crippen LogP contribution < -0.4 is 19.5 Å². The monoisotopic (exact) mass is 419 g/mol. The zero-order chi connectivity index (χ0) is 21.5. The fourth-order valence-electron chi connectivity index (χ4n) is 3.01. The number of amides is 1. The van der Waals surface area contributed by atoms with E-state index < -0.39 is 18.5 Å². The molecule has 1 aliphatic heterocycles. The number of rotatable bonds is 8. The van der Waals surface area contributed by atoms with Crippen LogP contribution in [0.15, 0.2) is 72.8 Å². The first-order chi connectivity index (χ1) is 15.2. The maximum Gasteiger partial charge on any atom is 0.342 e. The van der Waals surface area contributed by atoms with Crippen LogP contribution in [-0.4, -0.2) is 25.3 Å². The summed E-state index contributed by atoms with van der Waals surface area (Å²) in [5, 5.41) is 2.71. The number of ether oxygens (including phenoxy) is 4. The van der Waals surface area contributed by atoms with E-state index in [4.69, 9.17) is 18.9 Å². The van der Waals surface area contributed by atoms with Crippen LogP contribution >= 0.6 is 0 Å². The summed E-state index contributed by atoms with van der Waals surface area (Å²) in [6.07, 6.45) is 0. The largest absolute Gasteiger partial charge is 0.488 e. The van der Waals surface area contributed by atoms with Crippen molar-refractivity contribution in [3.8, 4) is 17.2 Å². The molecular formula is C24H21NO6. The van der Waals surface area contributed by atoms with Crippen LogP contribution in [-0.2, 0) is 22.7 Å². The second-order valence-electron chi connectivity index (χ2n) is 6.81. The van der Waals surface area contributed by atoms with Crippen LogP contribution in [0.3, 0.4) is 0 Å². The van der Waals surface area contributed by atoms with Gasteiger partial charge < -0.3 is 24.3 Å². The zero-order valence-corrected chi connectivity index (χ0v) is 16.7. The average molecular weight is 419 g/mol. The van der Waals surface area contributed by atoms with E-state index in [0.29, 0.717) is 23.9 Å². The van der Waals surface area contributed by atoms with Crippen molar-refractivity contribution in [3.05, 3.63) is 89.5 Å². The van der Waals surface area contributed by atoms with Gasteiger partial charge in [0.05, 0.1) is 0 Å². The molecule has 4 rings (SSSR count). The zero-order valence-electron chi connectivity index (χ0n) is 16.7. The molecule has 3 aromatic rings. The van der Waals surface area contributed by atoms with Crippen molar-refractivity contribution < 1.29 is 28.5 Å². The van der Waals surface area contributed by atoms with Crippen molar-refractivity contribution in [2.24, 2.45) is 0 Å². The number of fused-ring (bicyclic) bond motifs is 1. The Labute approximate surface area is 179 Å². The van der Waals surface area contributed by atoms with Crippen LogP contribution in [0.5, 0.6) is 17.2 Å². The first-order valence-corrected chi connectivity index (χ1v) is 9.77. The quantitative estimate of drug-likeness (QED) is 0.563. The molecule has 0 bridgehead atoms. The molecule has 0 saturated carbocycles. The van der Waals surface area contributed by atoms with Gasteiger partial charge in [-0.2, -0.15) is 0 Å². The summed E-state index contributed by atoms with van der Waals surface area (Å²) >= 11 is 0. The number of esters is 1. The molecule has 1 amide bonds. The maximum atomic E-state index is 12.5. The van der Waals surface area contributed by atoms with E-state index in [2.05, 4.69) is 5.32 Å². The molecule has 0 radical (unpaired) electrons. The van der Waals surface area contributed by atoms with Crippen molar-refractivity contribution >= 4 is 11.9 Å². The van der Waals surface area contributed by atoms with Gasteiger partial charge in [0.15, 0.2) is 18.1 Å². The van der Waals surface area contributed by atoms with Gasteiger partial charge in [0.1, 0.15) is 17.9 Å². The molecule has 31 heavy (non-hydrogen) atoms. The minimum Gasteiger partial charge on any atom is -0.488 e. The molecule has 158 valence electrons. The summed E-state index contributed by atoms with van der Waals surface area (Å²) in [7, 11) is 0. The van der Waals surface area contributed by atoms with Gasteiger partial charge >= 0.3 is 5.97 Å². The number of hydrogen-bond acceptors (Lipinski definition) is 6. The van der Waals surface area contributed by atoms with Gasteiger partial charge in [0.25, 0.3) is 5.91 Å². The molecular weight excluding hydrogens is 398 g/mol. The van der Waals surface area contributed by atoms with Gasteiger partial charge in [-0.05, 0) is 35.4 Å². The fourth-order valence-corrected chi connectivity index (χ4v) is 3.01. The van der Waals surface area contributed by atoms with Gasteiger partial charge in [0.2, 0.25) is 6.79 Å². The van der Waals surface area contributed by atoms with E-state index >= 15 is 0 Å². The summed E-state index contributed by atoms with van der Waals surface area (Å²) in [5.41, 5.74) is 2.10. The number of nitrogens with one attached hydrogen (secondary N) is 1. The first-order valence-electron chi connectivity index (χ1n) is 9.77. The predicted octanol–water partition coefficient (Wildman–Crippen LogP) is 3.47. The van der Waals surface area contributed by atoms with Crippen LogP contribution in [0, 0.1) is 0 Å². The van der Waals surface area contributed by atoms with E-state index in [-0.39, 0.29) is 18.9 Å². The van der Waals surface area contributed by atoms with Crippen molar-refractivity contribution in [1.82, 2.24) is 5.32 Å². The number of hydrogen-bond donors (Lipinski definition) is 1. The Morgan fingerprint density at radius 1 is 0.871 bits per heavy atom. The van der Waals surface area contributed by atoms with Gasteiger partial charge in [0, 0.05) is 6.54 Å². The SMILES string of the molecule is O=C(COC(=O)c1ccccc1OCc1ccccc1)NCc1ccc2c(c1)OCO2. The lowest BCUT2D eigenvalue weighted by Crippen LogP contribution is -2.28. The summed E-state index contributed by atoms with van der Waals surface area (Å²) in [5.74, 6) is 0.690. The molecule has 0 aromatic heterocycles. The average Bonchev–Trinajstić information content (AvgIpc) is 3.28. The summed E-state index contributed by atoms with van der Waals surface area (Å²) < 4.78 is 21.5. The third-order valence-corrected chi connectivity index (χ3v) is 4.61. The Balaban J connectivity index is 1.28. The molecule has 1 heterocycles. The van der Waals surface area contributed by atoms with Gasteiger partial charge in [-0.25, -0.2) is 4.79 Å². The van der Waals surface area contributed by atoms with E-state index in [9.17, 15) is 9.59 Å². The van der Waals surface area contributed by atoms with Gasteiger partial charge in [-0.15, -0.1) is 0 Å². The Morgan fingerprint density at radius 3 is 2.52 bits per heavy atom. The van der Waals surface area contributed by atoms with E-state index in [0.717, 1.165) is 11.1 Å². The number of carbonyl (C=O) groups is 2. The van der Waals surface area contributed by atoms with Crippen LogP contribution in [0.25, 0.3) is 0 Å². The minimum atomic E-state index is -0.623. The summed E-state index contributed by atoms with van der Waals surface area (Å²) in [6, 6.07) is 21.8. The summed E-state index contributed by atoms with van der Waals surface area (Å²) in [6.45, 7) is 0.402. The molecule has 0 spiro atoms. The van der Waals surface area contributed by atoms with Crippen molar-refractivity contribution in [3.63, 3.8) is 0 Å². The van der Waals surface area contributed by atoms with E-state index in [1.54, 1.807) is 36.4 Å². The minimum absolute atomic E-state index is 0.192. The smallest absolute Gasteiger partial charge is 0.342 e. The predicted molar refractivity (Wildman–Crippen MR) is 112 cm³/mol. The Hall–Kier alpha value is -4.00. The molecule has 0 saturated heterocycles. The van der Waals surface area contributed by atoms with Crippen LogP contribution in [0.2, 0.25) is 0 Å². The molecule has 0 fully saturated rings. The second-order valence-corrected chi connectivity index (χ2v) is 6.81. The molecule has 0 unspecified atom stereocenters. The lowest BCUT2D eigenvalue weighted by molar-refractivity contribution is -0.124. The maximum absolute atomic E-state index is 12.5. The fraction of sp³-hybridized carbons (Fsp3) is 0.167. The lowest BCUT2D eigenvalue weighted by atomic mass is 10.2. The molecule has 1 aliphatic rings. The second kappa shape index (κ2) is 9.67. The third-order valence-electron chi connectivity index (χ3n) is 4.61. The van der Waals surface area contributed by atoms with E-state index in [1.807, 2.05) is 36.4 Å². The molecule has 1 N–H and O–H groups in total. The Kier molecular flexibility index (Phi) is 6.32. The van der Waals surface area contributed by atoms with Crippen molar-refractivity contribution in [2.45, 2.75) is 13.2 Å². The molecule has 7 nitrogen and oxygen atoms in total. The molecule has 0 aliphatic carbocycles. The van der Waals surface area contributed by atoms with Gasteiger partial charge in [-0.1, -0.05) is 48.5 Å².